The molecule has 0 spiro atoms. The van der Waals surface area contributed by atoms with Crippen LogP contribution in [0.15, 0.2) is 152 Å². The van der Waals surface area contributed by atoms with Gasteiger partial charge in [0.15, 0.2) is 5.82 Å². The Balaban J connectivity index is 1.47. The predicted molar refractivity (Wildman–Crippen MR) is 180 cm³/mol. The minimum Gasteiger partial charge on any atom is -0.362 e. The first-order valence-electron chi connectivity index (χ1n) is 14.3. The predicted octanol–water partition coefficient (Wildman–Crippen LogP) is 8.38. The van der Waals surface area contributed by atoms with E-state index in [9.17, 15) is 0 Å². The minimum absolute atomic E-state index is 0.0897. The number of nitrogens with zero attached hydrogens (tertiary/aromatic N) is 2. The van der Waals surface area contributed by atoms with Crippen LogP contribution in [0, 0.1) is 0 Å². The van der Waals surface area contributed by atoms with E-state index in [0.29, 0.717) is 0 Å². The zero-order valence-electron chi connectivity index (χ0n) is 23.4. The average molecular weight is 560 g/mol. The second-order valence-electron chi connectivity index (χ2n) is 10.4. The highest BCUT2D eigenvalue weighted by Crippen LogP contribution is 2.42. The van der Waals surface area contributed by atoms with Gasteiger partial charge in [-0.3, -0.25) is 0 Å². The van der Waals surface area contributed by atoms with Crippen LogP contribution in [0.25, 0.3) is 32.8 Å². The van der Waals surface area contributed by atoms with Crippen molar-refractivity contribution in [1.82, 2.24) is 10.2 Å². The van der Waals surface area contributed by atoms with Crippen molar-refractivity contribution in [2.75, 3.05) is 5.32 Å². The Morgan fingerprint density at radius 3 is 1.74 bits per heavy atom. The van der Waals surface area contributed by atoms with Gasteiger partial charge in [-0.05, 0) is 47.1 Å². The van der Waals surface area contributed by atoms with Gasteiger partial charge in [-0.15, -0.1) is 10.2 Å². The monoisotopic (exact) mass is 559 g/mol. The van der Waals surface area contributed by atoms with Gasteiger partial charge in [0, 0.05) is 16.3 Å². The maximum absolute atomic E-state index is 5.00. The maximum atomic E-state index is 5.00. The second-order valence-corrected chi connectivity index (χ2v) is 12.6. The third kappa shape index (κ3) is 4.93. The summed E-state index contributed by atoms with van der Waals surface area (Å²) in [5.41, 5.74) is 3.27. The molecule has 3 nitrogen and oxygen atoms in total. The van der Waals surface area contributed by atoms with Crippen molar-refractivity contribution < 1.29 is 0 Å². The first-order chi connectivity index (χ1) is 20.8. The molecule has 1 N–H and O–H groups in total. The highest BCUT2D eigenvalue weighted by atomic mass is 31.1. The van der Waals surface area contributed by atoms with E-state index in [-0.39, 0.29) is 6.04 Å². The lowest BCUT2D eigenvalue weighted by Gasteiger charge is -2.24. The fraction of sp³-hybridized carbons (Fsp3) is 0.0526. The Kier molecular flexibility index (Phi) is 7.18. The summed E-state index contributed by atoms with van der Waals surface area (Å²) < 4.78 is 0. The van der Waals surface area contributed by atoms with E-state index < -0.39 is 7.92 Å². The Hall–Kier alpha value is -4.85. The molecular formula is C38H30N3P. The highest BCUT2D eigenvalue weighted by Gasteiger charge is 2.24. The third-order valence-electron chi connectivity index (χ3n) is 7.75. The lowest BCUT2D eigenvalue weighted by atomic mass is 9.98. The van der Waals surface area contributed by atoms with Gasteiger partial charge in [-0.1, -0.05) is 152 Å². The molecule has 202 valence electrons. The molecule has 0 fully saturated rings. The smallest absolute Gasteiger partial charge is 0.157 e. The molecule has 1 aromatic heterocycles. The van der Waals surface area contributed by atoms with Crippen LogP contribution >= 0.6 is 7.92 Å². The van der Waals surface area contributed by atoms with Crippen molar-refractivity contribution in [2.24, 2.45) is 0 Å². The van der Waals surface area contributed by atoms with Gasteiger partial charge >= 0.3 is 0 Å². The summed E-state index contributed by atoms with van der Waals surface area (Å²) in [6, 6.07) is 54.0. The summed E-state index contributed by atoms with van der Waals surface area (Å²) in [6.07, 6.45) is 0. The van der Waals surface area contributed by atoms with Gasteiger partial charge in [-0.25, -0.2) is 0 Å². The summed E-state index contributed by atoms with van der Waals surface area (Å²) >= 11 is 0. The molecule has 0 aliphatic rings. The largest absolute Gasteiger partial charge is 0.362 e. The second kappa shape index (κ2) is 11.6. The molecule has 7 rings (SSSR count). The van der Waals surface area contributed by atoms with Gasteiger partial charge in [-0.2, -0.15) is 0 Å². The summed E-state index contributed by atoms with van der Waals surface area (Å²) in [5, 5.41) is 21.9. The van der Waals surface area contributed by atoms with Crippen LogP contribution in [0.2, 0.25) is 0 Å². The summed E-state index contributed by atoms with van der Waals surface area (Å²) in [6.45, 7) is 2.16. The van der Waals surface area contributed by atoms with Crippen molar-refractivity contribution in [3.05, 3.63) is 157 Å². The number of hydrogen-bond acceptors (Lipinski definition) is 3. The lowest BCUT2D eigenvalue weighted by molar-refractivity contribution is 0.866. The molecule has 0 saturated carbocycles. The topological polar surface area (TPSA) is 37.8 Å². The number of rotatable bonds is 7. The molecule has 7 aromatic rings. The van der Waals surface area contributed by atoms with Gasteiger partial charge in [0.2, 0.25) is 0 Å². The molecule has 0 unspecified atom stereocenters. The van der Waals surface area contributed by atoms with E-state index >= 15 is 0 Å². The summed E-state index contributed by atoms with van der Waals surface area (Å²) in [5.74, 6) is 0.792. The average Bonchev–Trinajstić information content (AvgIpc) is 3.06. The van der Waals surface area contributed by atoms with Crippen molar-refractivity contribution in [1.29, 1.82) is 0 Å². The molecule has 0 saturated heterocycles. The number of hydrogen-bond donors (Lipinski definition) is 1. The van der Waals surface area contributed by atoms with Crippen molar-refractivity contribution in [3.63, 3.8) is 0 Å². The van der Waals surface area contributed by atoms with Crippen molar-refractivity contribution >= 4 is 51.2 Å². The summed E-state index contributed by atoms with van der Waals surface area (Å²) in [7, 11) is -0.854. The Morgan fingerprint density at radius 1 is 0.524 bits per heavy atom. The van der Waals surface area contributed by atoms with Gasteiger partial charge in [0.1, 0.15) is 5.69 Å². The minimum atomic E-state index is -0.854. The molecule has 1 atom stereocenters. The quantitative estimate of drug-likeness (QED) is 0.199. The Morgan fingerprint density at radius 2 is 1.07 bits per heavy atom. The molecule has 0 bridgehead atoms. The molecule has 4 heteroatoms. The van der Waals surface area contributed by atoms with E-state index in [0.717, 1.165) is 27.8 Å². The molecule has 0 aliphatic carbocycles. The number of nitrogens with one attached hydrogen (secondary N) is 1. The summed E-state index contributed by atoms with van der Waals surface area (Å²) in [4.78, 5) is 0. The zero-order valence-corrected chi connectivity index (χ0v) is 24.2. The zero-order chi connectivity index (χ0) is 28.3. The Bertz CT molecular complexity index is 1940. The van der Waals surface area contributed by atoms with Crippen molar-refractivity contribution in [3.8, 4) is 11.3 Å². The fourth-order valence-corrected chi connectivity index (χ4v) is 8.17. The van der Waals surface area contributed by atoms with Crippen LogP contribution in [-0.2, 0) is 0 Å². The molecular weight excluding hydrogens is 529 g/mol. The van der Waals surface area contributed by atoms with E-state index in [2.05, 4.69) is 158 Å². The van der Waals surface area contributed by atoms with Crippen molar-refractivity contribution in [2.45, 2.75) is 13.0 Å². The van der Waals surface area contributed by atoms with Crippen LogP contribution in [0.5, 0.6) is 0 Å². The molecule has 42 heavy (non-hydrogen) atoms. The lowest BCUT2D eigenvalue weighted by Crippen LogP contribution is -2.22. The van der Waals surface area contributed by atoms with Gasteiger partial charge in [0.05, 0.1) is 6.04 Å². The van der Waals surface area contributed by atoms with Crippen LogP contribution in [0.4, 0.5) is 5.82 Å². The van der Waals surface area contributed by atoms with Gasteiger partial charge < -0.3 is 5.32 Å². The van der Waals surface area contributed by atoms with Crippen LogP contribution < -0.4 is 21.2 Å². The van der Waals surface area contributed by atoms with E-state index in [1.807, 2.05) is 6.07 Å². The van der Waals surface area contributed by atoms with Crippen LogP contribution in [0.1, 0.15) is 18.5 Å². The molecule has 0 amide bonds. The van der Waals surface area contributed by atoms with Crippen LogP contribution in [-0.4, -0.2) is 10.2 Å². The number of aromatic nitrogens is 2. The fourth-order valence-electron chi connectivity index (χ4n) is 5.70. The van der Waals surface area contributed by atoms with Gasteiger partial charge in [0.25, 0.3) is 0 Å². The number of benzene rings is 6. The van der Waals surface area contributed by atoms with E-state index in [4.69, 9.17) is 10.2 Å². The maximum Gasteiger partial charge on any atom is 0.157 e. The highest BCUT2D eigenvalue weighted by molar-refractivity contribution is 7.80. The molecule has 0 radical (unpaired) electrons. The first kappa shape index (κ1) is 26.1. The first-order valence-corrected chi connectivity index (χ1v) is 15.6. The normalized spacial score (nSPS) is 12.0. The Labute approximate surface area is 247 Å². The number of fused-ring (bicyclic) bond motifs is 2. The number of anilines is 1. The molecule has 0 aliphatic heterocycles. The van der Waals surface area contributed by atoms with E-state index in [1.165, 1.54) is 32.2 Å². The standard InChI is InChI=1S/C38H30N3P/c1-27(28-15-5-2-6-16-28)39-38-34-24-14-13-23-33(34)37(40-41-38)36-32-22-12-11-17-29(32)25-26-35(36)42(30-18-7-3-8-19-30)31-20-9-4-10-21-31/h2-27H,1H3,(H,39,41)/t27-/m1/s1. The molecule has 1 heterocycles. The third-order valence-corrected chi connectivity index (χ3v) is 10.2. The molecule has 6 aromatic carbocycles. The van der Waals surface area contributed by atoms with E-state index in [1.54, 1.807) is 0 Å². The SMILES string of the molecule is C[C@@H](Nc1nnc(-c2c(P(c3ccccc3)c3ccccc3)ccc3ccccc23)c2ccccc12)c1ccccc1. The van der Waals surface area contributed by atoms with Crippen LogP contribution in [0.3, 0.4) is 0 Å².